The largest absolute Gasteiger partial charge is 0.393 e. The van der Waals surface area contributed by atoms with Crippen LogP contribution in [-0.4, -0.2) is 36.4 Å². The summed E-state index contributed by atoms with van der Waals surface area (Å²) in [6, 6.07) is -0.0652. The van der Waals surface area contributed by atoms with Crippen LogP contribution >= 0.6 is 0 Å². The summed E-state index contributed by atoms with van der Waals surface area (Å²) in [5.74, 6) is 1.29. The number of aliphatic hydroxyl groups excluding tert-OH is 1. The number of carbonyl (C=O) groups excluding carboxylic acids is 1. The Bertz CT molecular complexity index is 687. The molecule has 0 saturated heterocycles. The molecule has 0 spiro atoms. The van der Waals surface area contributed by atoms with E-state index in [2.05, 4.69) is 15.4 Å². The van der Waals surface area contributed by atoms with E-state index in [0.29, 0.717) is 6.42 Å². The van der Waals surface area contributed by atoms with Crippen LogP contribution in [0.5, 0.6) is 0 Å². The summed E-state index contributed by atoms with van der Waals surface area (Å²) in [7, 11) is 1.87. The highest BCUT2D eigenvalue weighted by Crippen LogP contribution is 2.38. The van der Waals surface area contributed by atoms with Gasteiger partial charge in [-0.2, -0.15) is 5.10 Å². The lowest BCUT2D eigenvalue weighted by molar-refractivity contribution is -0.123. The van der Waals surface area contributed by atoms with Crippen molar-refractivity contribution >= 4 is 5.91 Å². The molecule has 0 aliphatic heterocycles. The van der Waals surface area contributed by atoms with Gasteiger partial charge in [-0.15, -0.1) is 0 Å². The van der Waals surface area contributed by atoms with Crippen LogP contribution in [0.2, 0.25) is 0 Å². The molecule has 7 heteroatoms. The molecule has 130 valence electrons. The van der Waals surface area contributed by atoms with Crippen molar-refractivity contribution in [2.24, 2.45) is 13.0 Å². The molecule has 3 rings (SSSR count). The fourth-order valence-corrected chi connectivity index (χ4v) is 3.27. The first-order valence-electron chi connectivity index (χ1n) is 8.46. The van der Waals surface area contributed by atoms with Gasteiger partial charge in [0.1, 0.15) is 5.82 Å². The van der Waals surface area contributed by atoms with Crippen molar-refractivity contribution < 1.29 is 9.90 Å². The number of carbonyl (C=O) groups is 1. The third-order valence-corrected chi connectivity index (χ3v) is 4.75. The molecule has 1 aliphatic rings. The third kappa shape index (κ3) is 3.84. The SMILES string of the molecule is Cc1nccn1CCCC(=O)N[C@@H](c1cnn(C)c1)C1CC(O)C1. The second kappa shape index (κ2) is 7.17. The van der Waals surface area contributed by atoms with Gasteiger partial charge in [-0.3, -0.25) is 9.48 Å². The van der Waals surface area contributed by atoms with E-state index in [1.807, 2.05) is 30.9 Å². The zero-order chi connectivity index (χ0) is 17.1. The monoisotopic (exact) mass is 331 g/mol. The standard InChI is InChI=1S/C17H25N5O2/c1-12-18-5-7-22(12)6-3-4-16(24)20-17(13-8-15(23)9-13)14-10-19-21(2)11-14/h5,7,10-11,13,15,17,23H,3-4,6,8-9H2,1-2H3,(H,20,24)/t13?,15?,17-/m1/s1. The molecule has 0 aromatic carbocycles. The quantitative estimate of drug-likeness (QED) is 0.802. The molecule has 7 nitrogen and oxygen atoms in total. The average molecular weight is 331 g/mol. The summed E-state index contributed by atoms with van der Waals surface area (Å²) in [4.78, 5) is 16.5. The summed E-state index contributed by atoms with van der Waals surface area (Å²) in [5, 5.41) is 16.9. The maximum Gasteiger partial charge on any atom is 0.220 e. The number of rotatable bonds is 7. The Morgan fingerprint density at radius 3 is 2.88 bits per heavy atom. The van der Waals surface area contributed by atoms with Gasteiger partial charge in [0.2, 0.25) is 5.91 Å². The molecular weight excluding hydrogens is 306 g/mol. The van der Waals surface area contributed by atoms with Gasteiger partial charge < -0.3 is 15.0 Å². The number of aliphatic hydroxyl groups is 1. The highest BCUT2D eigenvalue weighted by molar-refractivity contribution is 5.76. The first-order valence-corrected chi connectivity index (χ1v) is 8.46. The van der Waals surface area contributed by atoms with Gasteiger partial charge in [0, 0.05) is 44.2 Å². The van der Waals surface area contributed by atoms with E-state index in [9.17, 15) is 9.90 Å². The zero-order valence-corrected chi connectivity index (χ0v) is 14.2. The van der Waals surface area contributed by atoms with E-state index in [4.69, 9.17) is 0 Å². The van der Waals surface area contributed by atoms with Gasteiger partial charge in [-0.25, -0.2) is 4.98 Å². The van der Waals surface area contributed by atoms with Crippen LogP contribution in [0.1, 0.15) is 43.1 Å². The molecule has 24 heavy (non-hydrogen) atoms. The second-order valence-corrected chi connectivity index (χ2v) is 6.65. The van der Waals surface area contributed by atoms with Gasteiger partial charge in [0.05, 0.1) is 18.3 Å². The predicted molar refractivity (Wildman–Crippen MR) is 89.0 cm³/mol. The van der Waals surface area contributed by atoms with E-state index >= 15 is 0 Å². The highest BCUT2D eigenvalue weighted by Gasteiger charge is 2.36. The number of aryl methyl sites for hydroxylation is 3. The summed E-state index contributed by atoms with van der Waals surface area (Å²) in [6.07, 6.45) is 9.91. The Labute approximate surface area is 141 Å². The molecule has 1 aliphatic carbocycles. The lowest BCUT2D eigenvalue weighted by Gasteiger charge is -2.37. The van der Waals surface area contributed by atoms with E-state index in [1.165, 1.54) is 0 Å². The first kappa shape index (κ1) is 16.7. The molecule has 1 atom stereocenters. The van der Waals surface area contributed by atoms with Gasteiger partial charge in [-0.05, 0) is 32.1 Å². The van der Waals surface area contributed by atoms with Crippen LogP contribution in [0.4, 0.5) is 0 Å². The van der Waals surface area contributed by atoms with Gasteiger partial charge >= 0.3 is 0 Å². The van der Waals surface area contributed by atoms with Crippen LogP contribution in [0.25, 0.3) is 0 Å². The van der Waals surface area contributed by atoms with E-state index in [0.717, 1.165) is 37.2 Å². The van der Waals surface area contributed by atoms with Crippen LogP contribution in [0.15, 0.2) is 24.8 Å². The second-order valence-electron chi connectivity index (χ2n) is 6.65. The maximum absolute atomic E-state index is 12.3. The minimum absolute atomic E-state index is 0.0445. The van der Waals surface area contributed by atoms with Crippen molar-refractivity contribution in [3.63, 3.8) is 0 Å². The lowest BCUT2D eigenvalue weighted by Crippen LogP contribution is -2.41. The van der Waals surface area contributed by atoms with E-state index in [-0.39, 0.29) is 24.0 Å². The Hall–Kier alpha value is -2.15. The molecule has 0 bridgehead atoms. The lowest BCUT2D eigenvalue weighted by atomic mass is 9.75. The number of hydrogen-bond acceptors (Lipinski definition) is 4. The van der Waals surface area contributed by atoms with Crippen LogP contribution in [0.3, 0.4) is 0 Å². The fourth-order valence-electron chi connectivity index (χ4n) is 3.27. The van der Waals surface area contributed by atoms with Gasteiger partial charge in [0.25, 0.3) is 0 Å². The molecule has 1 fully saturated rings. The van der Waals surface area contributed by atoms with Gasteiger partial charge in [0.15, 0.2) is 0 Å². The van der Waals surface area contributed by atoms with Crippen molar-refractivity contribution in [3.8, 4) is 0 Å². The van der Waals surface area contributed by atoms with Crippen molar-refractivity contribution in [2.45, 2.75) is 51.3 Å². The molecule has 2 aromatic heterocycles. The summed E-state index contributed by atoms with van der Waals surface area (Å²) in [6.45, 7) is 2.75. The van der Waals surface area contributed by atoms with E-state index < -0.39 is 0 Å². The fraction of sp³-hybridized carbons (Fsp3) is 0.588. The minimum Gasteiger partial charge on any atom is -0.393 e. The molecule has 2 N–H and O–H groups in total. The number of imidazole rings is 1. The number of nitrogens with one attached hydrogen (secondary N) is 1. The first-order chi connectivity index (χ1) is 11.5. The van der Waals surface area contributed by atoms with Crippen LogP contribution in [-0.2, 0) is 18.4 Å². The molecule has 2 heterocycles. The van der Waals surface area contributed by atoms with Crippen molar-refractivity contribution in [2.75, 3.05) is 0 Å². The smallest absolute Gasteiger partial charge is 0.220 e. The molecule has 2 aromatic rings. The van der Waals surface area contributed by atoms with Crippen molar-refractivity contribution in [1.82, 2.24) is 24.6 Å². The Balaban J connectivity index is 1.54. The number of amides is 1. The van der Waals surface area contributed by atoms with Crippen molar-refractivity contribution in [3.05, 3.63) is 36.2 Å². The normalized spacial score (nSPS) is 21.3. The Morgan fingerprint density at radius 1 is 1.50 bits per heavy atom. The Morgan fingerprint density at radius 2 is 2.29 bits per heavy atom. The third-order valence-electron chi connectivity index (χ3n) is 4.75. The molecule has 0 unspecified atom stereocenters. The van der Waals surface area contributed by atoms with Gasteiger partial charge in [-0.1, -0.05) is 0 Å². The topological polar surface area (TPSA) is 85.0 Å². The predicted octanol–water partition coefficient (Wildman–Crippen LogP) is 1.33. The molecule has 1 saturated carbocycles. The minimum atomic E-state index is -0.240. The molecule has 0 radical (unpaired) electrons. The number of hydrogen-bond donors (Lipinski definition) is 2. The van der Waals surface area contributed by atoms with Crippen molar-refractivity contribution in [1.29, 1.82) is 0 Å². The summed E-state index contributed by atoms with van der Waals surface area (Å²) >= 11 is 0. The van der Waals surface area contributed by atoms with E-state index in [1.54, 1.807) is 17.1 Å². The molecular formula is C17H25N5O2. The average Bonchev–Trinajstić information content (AvgIpc) is 3.11. The zero-order valence-electron chi connectivity index (χ0n) is 14.2. The number of nitrogens with zero attached hydrogens (tertiary/aromatic N) is 4. The maximum atomic E-state index is 12.3. The number of aromatic nitrogens is 4. The van der Waals surface area contributed by atoms with Crippen LogP contribution < -0.4 is 5.32 Å². The molecule has 1 amide bonds. The summed E-state index contributed by atoms with van der Waals surface area (Å²) < 4.78 is 3.79. The highest BCUT2D eigenvalue weighted by atomic mass is 16.3. The Kier molecular flexibility index (Phi) is 4.99. The summed E-state index contributed by atoms with van der Waals surface area (Å²) in [5.41, 5.74) is 1.01. The van der Waals surface area contributed by atoms with Crippen LogP contribution in [0, 0.1) is 12.8 Å².